The average molecular weight is 290 g/mol. The van der Waals surface area contributed by atoms with Crippen LogP contribution in [0.2, 0.25) is 0 Å². The molecule has 1 aromatic rings. The SMILES string of the molecule is COc1ccc(C(CN)NCCC2=CCCC2)cc1OC. The third kappa shape index (κ3) is 4.22. The molecule has 21 heavy (non-hydrogen) atoms. The molecule has 1 aliphatic carbocycles. The van der Waals surface area contributed by atoms with Gasteiger partial charge in [0.05, 0.1) is 14.2 Å². The topological polar surface area (TPSA) is 56.5 Å². The second-order valence-corrected chi connectivity index (χ2v) is 5.36. The molecule has 4 nitrogen and oxygen atoms in total. The van der Waals surface area contributed by atoms with Crippen LogP contribution in [-0.4, -0.2) is 27.3 Å². The van der Waals surface area contributed by atoms with Gasteiger partial charge in [-0.05, 0) is 49.9 Å². The van der Waals surface area contributed by atoms with Gasteiger partial charge in [-0.2, -0.15) is 0 Å². The Hall–Kier alpha value is -1.52. The number of nitrogens with one attached hydrogen (secondary N) is 1. The van der Waals surface area contributed by atoms with Crippen LogP contribution in [0.15, 0.2) is 29.8 Å². The Labute approximate surface area is 127 Å². The number of ether oxygens (including phenoxy) is 2. The van der Waals surface area contributed by atoms with Crippen LogP contribution < -0.4 is 20.5 Å². The van der Waals surface area contributed by atoms with Crippen LogP contribution >= 0.6 is 0 Å². The van der Waals surface area contributed by atoms with Crippen LogP contribution in [0.25, 0.3) is 0 Å². The monoisotopic (exact) mass is 290 g/mol. The molecule has 1 aromatic carbocycles. The number of hydrogen-bond acceptors (Lipinski definition) is 4. The number of benzene rings is 1. The summed E-state index contributed by atoms with van der Waals surface area (Å²) < 4.78 is 10.6. The summed E-state index contributed by atoms with van der Waals surface area (Å²) >= 11 is 0. The Bertz CT molecular complexity index is 486. The van der Waals surface area contributed by atoms with Crippen molar-refractivity contribution in [2.75, 3.05) is 27.3 Å². The number of rotatable bonds is 8. The van der Waals surface area contributed by atoms with Crippen molar-refractivity contribution in [1.82, 2.24) is 5.32 Å². The van der Waals surface area contributed by atoms with Gasteiger partial charge in [-0.3, -0.25) is 0 Å². The Morgan fingerprint density at radius 2 is 2.05 bits per heavy atom. The van der Waals surface area contributed by atoms with E-state index in [-0.39, 0.29) is 6.04 Å². The van der Waals surface area contributed by atoms with Gasteiger partial charge < -0.3 is 20.5 Å². The van der Waals surface area contributed by atoms with Gasteiger partial charge in [0, 0.05) is 12.6 Å². The lowest BCUT2D eigenvalue weighted by Gasteiger charge is -2.19. The summed E-state index contributed by atoms with van der Waals surface area (Å²) in [5.74, 6) is 1.49. The first kappa shape index (κ1) is 15.9. The summed E-state index contributed by atoms with van der Waals surface area (Å²) in [6, 6.07) is 6.11. The Balaban J connectivity index is 1.96. The summed E-state index contributed by atoms with van der Waals surface area (Å²) in [4.78, 5) is 0. The number of methoxy groups -OCH3 is 2. The van der Waals surface area contributed by atoms with Gasteiger partial charge in [-0.25, -0.2) is 0 Å². The van der Waals surface area contributed by atoms with Crippen LogP contribution in [0.4, 0.5) is 0 Å². The van der Waals surface area contributed by atoms with Crippen LogP contribution in [0.1, 0.15) is 37.3 Å². The molecule has 0 aliphatic heterocycles. The molecule has 0 saturated heterocycles. The molecule has 0 radical (unpaired) electrons. The molecular weight excluding hydrogens is 264 g/mol. The standard InChI is InChI=1S/C17H26N2O2/c1-20-16-8-7-14(11-17(16)21-2)15(12-18)19-10-9-13-5-3-4-6-13/h5,7-8,11,15,19H,3-4,6,9-10,12,18H2,1-2H3. The van der Waals surface area contributed by atoms with E-state index in [2.05, 4.69) is 11.4 Å². The van der Waals surface area contributed by atoms with E-state index in [9.17, 15) is 0 Å². The molecule has 0 saturated carbocycles. The zero-order valence-corrected chi connectivity index (χ0v) is 13.0. The third-order valence-corrected chi connectivity index (χ3v) is 4.02. The fraction of sp³-hybridized carbons (Fsp3) is 0.529. The molecule has 0 amide bonds. The van der Waals surface area contributed by atoms with Crippen LogP contribution in [0.3, 0.4) is 0 Å². The van der Waals surface area contributed by atoms with Crippen molar-refractivity contribution in [3.05, 3.63) is 35.4 Å². The van der Waals surface area contributed by atoms with Crippen LogP contribution in [-0.2, 0) is 0 Å². The van der Waals surface area contributed by atoms with Gasteiger partial charge >= 0.3 is 0 Å². The van der Waals surface area contributed by atoms with E-state index in [4.69, 9.17) is 15.2 Å². The van der Waals surface area contributed by atoms with Crippen molar-refractivity contribution in [2.24, 2.45) is 5.73 Å². The van der Waals surface area contributed by atoms with Gasteiger partial charge in [0.25, 0.3) is 0 Å². The van der Waals surface area contributed by atoms with Crippen molar-refractivity contribution in [3.63, 3.8) is 0 Å². The first-order valence-corrected chi connectivity index (χ1v) is 7.61. The van der Waals surface area contributed by atoms with E-state index in [0.29, 0.717) is 6.54 Å². The van der Waals surface area contributed by atoms with E-state index in [1.165, 1.54) is 19.3 Å². The molecule has 0 bridgehead atoms. The molecule has 0 spiro atoms. The molecule has 1 unspecified atom stereocenters. The van der Waals surface area contributed by atoms with E-state index >= 15 is 0 Å². The van der Waals surface area contributed by atoms with Gasteiger partial charge in [0.15, 0.2) is 11.5 Å². The summed E-state index contributed by atoms with van der Waals surface area (Å²) in [5.41, 5.74) is 8.62. The molecule has 3 N–H and O–H groups in total. The fourth-order valence-corrected chi connectivity index (χ4v) is 2.78. The first-order valence-electron chi connectivity index (χ1n) is 7.61. The summed E-state index contributed by atoms with van der Waals surface area (Å²) in [5, 5.41) is 3.54. The minimum atomic E-state index is 0.145. The zero-order valence-electron chi connectivity index (χ0n) is 13.0. The van der Waals surface area contributed by atoms with Gasteiger partial charge in [0.2, 0.25) is 0 Å². The van der Waals surface area contributed by atoms with Crippen LogP contribution in [0, 0.1) is 0 Å². The highest BCUT2D eigenvalue weighted by Gasteiger charge is 2.13. The lowest BCUT2D eigenvalue weighted by atomic mass is 10.1. The number of nitrogens with two attached hydrogens (primary N) is 1. The normalized spacial score (nSPS) is 15.7. The summed E-state index contributed by atoms with van der Waals surface area (Å²) in [6.45, 7) is 1.52. The molecule has 1 atom stereocenters. The highest BCUT2D eigenvalue weighted by atomic mass is 16.5. The second kappa shape index (κ2) is 8.05. The molecular formula is C17H26N2O2. The maximum Gasteiger partial charge on any atom is 0.161 e. The molecule has 0 fully saturated rings. The lowest BCUT2D eigenvalue weighted by molar-refractivity contribution is 0.354. The van der Waals surface area contributed by atoms with E-state index in [0.717, 1.165) is 30.0 Å². The van der Waals surface area contributed by atoms with Crippen molar-refractivity contribution in [1.29, 1.82) is 0 Å². The van der Waals surface area contributed by atoms with E-state index in [1.54, 1.807) is 19.8 Å². The lowest BCUT2D eigenvalue weighted by Crippen LogP contribution is -2.29. The predicted molar refractivity (Wildman–Crippen MR) is 85.9 cm³/mol. The molecule has 1 aliphatic rings. The summed E-state index contributed by atoms with van der Waals surface area (Å²) in [7, 11) is 3.30. The number of allylic oxidation sites excluding steroid dienone is 1. The molecule has 0 aromatic heterocycles. The summed E-state index contributed by atoms with van der Waals surface area (Å²) in [6.07, 6.45) is 7.29. The fourth-order valence-electron chi connectivity index (χ4n) is 2.78. The predicted octanol–water partition coefficient (Wildman–Crippen LogP) is 2.79. The quantitative estimate of drug-likeness (QED) is 0.723. The zero-order chi connectivity index (χ0) is 15.1. The minimum absolute atomic E-state index is 0.145. The molecule has 4 heteroatoms. The Morgan fingerprint density at radius 1 is 1.24 bits per heavy atom. The Morgan fingerprint density at radius 3 is 2.67 bits per heavy atom. The maximum atomic E-state index is 5.91. The molecule has 0 heterocycles. The minimum Gasteiger partial charge on any atom is -0.493 e. The van der Waals surface area contributed by atoms with Gasteiger partial charge in [-0.15, -0.1) is 0 Å². The van der Waals surface area contributed by atoms with Crippen molar-refractivity contribution < 1.29 is 9.47 Å². The smallest absolute Gasteiger partial charge is 0.161 e. The van der Waals surface area contributed by atoms with Crippen molar-refractivity contribution >= 4 is 0 Å². The van der Waals surface area contributed by atoms with Crippen LogP contribution in [0.5, 0.6) is 11.5 Å². The average Bonchev–Trinajstić information content (AvgIpc) is 3.04. The number of hydrogen-bond donors (Lipinski definition) is 2. The molecule has 2 rings (SSSR count). The largest absolute Gasteiger partial charge is 0.493 e. The first-order chi connectivity index (χ1) is 10.3. The maximum absolute atomic E-state index is 5.91. The highest BCUT2D eigenvalue weighted by molar-refractivity contribution is 5.43. The van der Waals surface area contributed by atoms with E-state index in [1.807, 2.05) is 18.2 Å². The van der Waals surface area contributed by atoms with E-state index < -0.39 is 0 Å². The van der Waals surface area contributed by atoms with Crippen molar-refractivity contribution in [3.8, 4) is 11.5 Å². The van der Waals surface area contributed by atoms with Gasteiger partial charge in [-0.1, -0.05) is 17.7 Å². The molecule has 116 valence electrons. The second-order valence-electron chi connectivity index (χ2n) is 5.36. The third-order valence-electron chi connectivity index (χ3n) is 4.02. The Kier molecular flexibility index (Phi) is 6.08. The van der Waals surface area contributed by atoms with Crippen molar-refractivity contribution in [2.45, 2.75) is 31.7 Å². The van der Waals surface area contributed by atoms with Gasteiger partial charge in [0.1, 0.15) is 0 Å². The highest BCUT2D eigenvalue weighted by Crippen LogP contribution is 2.30.